The summed E-state index contributed by atoms with van der Waals surface area (Å²) >= 11 is 0. The molecule has 1 heterocycles. The number of benzene rings is 1. The lowest BCUT2D eigenvalue weighted by Gasteiger charge is -2.32. The van der Waals surface area contributed by atoms with E-state index in [9.17, 15) is 14.4 Å². The predicted octanol–water partition coefficient (Wildman–Crippen LogP) is 1.96. The van der Waals surface area contributed by atoms with Crippen LogP contribution < -0.4 is 16.0 Å². The number of piperidine rings is 1. The maximum atomic E-state index is 12.3. The highest BCUT2D eigenvalue weighted by Gasteiger charge is 2.23. The Balaban J connectivity index is 1.80. The van der Waals surface area contributed by atoms with Crippen molar-refractivity contribution in [2.75, 3.05) is 25.0 Å². The average Bonchev–Trinajstić information content (AvgIpc) is 2.60. The van der Waals surface area contributed by atoms with Gasteiger partial charge in [-0.05, 0) is 43.5 Å². The van der Waals surface area contributed by atoms with Crippen molar-refractivity contribution in [3.63, 3.8) is 0 Å². The van der Waals surface area contributed by atoms with Gasteiger partial charge in [0.2, 0.25) is 5.91 Å². The van der Waals surface area contributed by atoms with Crippen LogP contribution in [0.2, 0.25) is 0 Å². The molecule has 1 aromatic rings. The van der Waals surface area contributed by atoms with Crippen molar-refractivity contribution in [3.05, 3.63) is 29.8 Å². The van der Waals surface area contributed by atoms with Crippen LogP contribution in [-0.2, 0) is 4.79 Å². The highest BCUT2D eigenvalue weighted by Crippen LogP contribution is 2.13. The molecule has 7 nitrogen and oxygen atoms in total. The van der Waals surface area contributed by atoms with Crippen LogP contribution in [0.15, 0.2) is 24.3 Å². The zero-order valence-electron chi connectivity index (χ0n) is 14.8. The molecule has 1 saturated heterocycles. The van der Waals surface area contributed by atoms with Gasteiger partial charge in [0.1, 0.15) is 0 Å². The van der Waals surface area contributed by atoms with Crippen molar-refractivity contribution < 1.29 is 14.4 Å². The van der Waals surface area contributed by atoms with Gasteiger partial charge in [-0.15, -0.1) is 0 Å². The lowest BCUT2D eigenvalue weighted by atomic mass is 10.0. The zero-order valence-corrected chi connectivity index (χ0v) is 14.8. The number of likely N-dealkylation sites (tertiary alicyclic amines) is 1. The van der Waals surface area contributed by atoms with Crippen molar-refractivity contribution in [1.29, 1.82) is 0 Å². The van der Waals surface area contributed by atoms with Gasteiger partial charge in [-0.25, -0.2) is 4.79 Å². The van der Waals surface area contributed by atoms with Crippen molar-refractivity contribution >= 4 is 23.5 Å². The Kier molecular flexibility index (Phi) is 6.80. The second-order valence-electron chi connectivity index (χ2n) is 6.23. The van der Waals surface area contributed by atoms with Crippen molar-refractivity contribution in [1.82, 2.24) is 15.5 Å². The second kappa shape index (κ2) is 9.05. The van der Waals surface area contributed by atoms with Gasteiger partial charge in [0.25, 0.3) is 5.91 Å². The lowest BCUT2D eigenvalue weighted by Crippen LogP contribution is -2.49. The molecule has 2 rings (SSSR count). The minimum absolute atomic E-state index is 0.0276. The van der Waals surface area contributed by atoms with Crippen LogP contribution in [0, 0.1) is 0 Å². The third-order valence-electron chi connectivity index (χ3n) is 4.11. The normalized spacial score (nSPS) is 14.7. The largest absolute Gasteiger partial charge is 0.349 e. The molecule has 0 spiro atoms. The lowest BCUT2D eigenvalue weighted by molar-refractivity contribution is -0.114. The van der Waals surface area contributed by atoms with Gasteiger partial charge in [-0.1, -0.05) is 6.92 Å². The Morgan fingerprint density at radius 2 is 1.76 bits per heavy atom. The summed E-state index contributed by atoms with van der Waals surface area (Å²) in [6, 6.07) is 6.83. The minimum atomic E-state index is -0.146. The van der Waals surface area contributed by atoms with Crippen LogP contribution in [-0.4, -0.2) is 48.4 Å². The Morgan fingerprint density at radius 1 is 1.12 bits per heavy atom. The summed E-state index contributed by atoms with van der Waals surface area (Å²) in [6.45, 7) is 5.42. The third kappa shape index (κ3) is 5.77. The van der Waals surface area contributed by atoms with Gasteiger partial charge >= 0.3 is 6.03 Å². The van der Waals surface area contributed by atoms with Crippen molar-refractivity contribution in [3.8, 4) is 0 Å². The number of hydrogen-bond acceptors (Lipinski definition) is 3. The van der Waals surface area contributed by atoms with E-state index in [1.807, 2.05) is 6.92 Å². The molecular formula is C18H26N4O3. The molecule has 3 N–H and O–H groups in total. The highest BCUT2D eigenvalue weighted by molar-refractivity contribution is 5.95. The van der Waals surface area contributed by atoms with E-state index in [4.69, 9.17) is 0 Å². The SMILES string of the molecule is CCCNC(=O)N1CCC(NC(=O)c2ccc(NC(C)=O)cc2)CC1. The average molecular weight is 346 g/mol. The van der Waals surface area contributed by atoms with Crippen LogP contribution in [0.3, 0.4) is 0 Å². The highest BCUT2D eigenvalue weighted by atomic mass is 16.2. The van der Waals surface area contributed by atoms with E-state index in [0.717, 1.165) is 19.3 Å². The number of urea groups is 1. The maximum absolute atomic E-state index is 12.3. The monoisotopic (exact) mass is 346 g/mol. The van der Waals surface area contributed by atoms with Gasteiger partial charge in [0.05, 0.1) is 0 Å². The summed E-state index contributed by atoms with van der Waals surface area (Å²) in [4.78, 5) is 37.0. The molecule has 7 heteroatoms. The summed E-state index contributed by atoms with van der Waals surface area (Å²) in [7, 11) is 0. The molecule has 136 valence electrons. The number of anilines is 1. The fourth-order valence-electron chi connectivity index (χ4n) is 2.75. The van der Waals surface area contributed by atoms with Gasteiger partial charge in [0.15, 0.2) is 0 Å². The molecule has 0 atom stereocenters. The van der Waals surface area contributed by atoms with Gasteiger partial charge in [-0.2, -0.15) is 0 Å². The van der Waals surface area contributed by atoms with Crippen LogP contribution in [0.1, 0.15) is 43.5 Å². The molecule has 1 aromatic carbocycles. The van der Waals surface area contributed by atoms with Gasteiger partial charge in [0, 0.05) is 43.9 Å². The summed E-state index contributed by atoms with van der Waals surface area (Å²) < 4.78 is 0. The Morgan fingerprint density at radius 3 is 2.32 bits per heavy atom. The number of carbonyl (C=O) groups is 3. The number of nitrogens with one attached hydrogen (secondary N) is 3. The Labute approximate surface area is 148 Å². The standard InChI is InChI=1S/C18H26N4O3/c1-3-10-19-18(25)22-11-8-16(9-12-22)21-17(24)14-4-6-15(7-5-14)20-13(2)23/h4-7,16H,3,8-12H2,1-2H3,(H,19,25)(H,20,23)(H,21,24). The number of rotatable bonds is 5. The first-order valence-electron chi connectivity index (χ1n) is 8.71. The smallest absolute Gasteiger partial charge is 0.317 e. The van der Waals surface area contributed by atoms with E-state index in [1.165, 1.54) is 6.92 Å². The zero-order chi connectivity index (χ0) is 18.2. The van der Waals surface area contributed by atoms with Crippen molar-refractivity contribution in [2.45, 2.75) is 39.2 Å². The summed E-state index contributed by atoms with van der Waals surface area (Å²) in [5.41, 5.74) is 1.22. The number of amides is 4. The van der Waals surface area contributed by atoms with E-state index in [1.54, 1.807) is 29.2 Å². The topological polar surface area (TPSA) is 90.5 Å². The maximum Gasteiger partial charge on any atom is 0.317 e. The van der Waals surface area contributed by atoms with E-state index in [2.05, 4.69) is 16.0 Å². The summed E-state index contributed by atoms with van der Waals surface area (Å²) in [5.74, 6) is -0.282. The number of carbonyl (C=O) groups excluding carboxylic acids is 3. The van der Waals surface area contributed by atoms with Crippen LogP contribution in [0.5, 0.6) is 0 Å². The first kappa shape index (κ1) is 18.8. The molecule has 25 heavy (non-hydrogen) atoms. The first-order valence-corrected chi connectivity index (χ1v) is 8.71. The quantitative estimate of drug-likeness (QED) is 0.761. The number of nitrogens with zero attached hydrogens (tertiary/aromatic N) is 1. The Hall–Kier alpha value is -2.57. The Bertz CT molecular complexity index is 607. The molecule has 4 amide bonds. The van der Waals surface area contributed by atoms with Crippen molar-refractivity contribution in [2.24, 2.45) is 0 Å². The van der Waals surface area contributed by atoms with Crippen LogP contribution >= 0.6 is 0 Å². The number of hydrogen-bond donors (Lipinski definition) is 3. The van der Waals surface area contributed by atoms with E-state index >= 15 is 0 Å². The second-order valence-corrected chi connectivity index (χ2v) is 6.23. The third-order valence-corrected chi connectivity index (χ3v) is 4.11. The molecule has 0 bridgehead atoms. The van der Waals surface area contributed by atoms with Gasteiger partial charge < -0.3 is 20.9 Å². The fourth-order valence-corrected chi connectivity index (χ4v) is 2.75. The molecule has 0 aliphatic carbocycles. The van der Waals surface area contributed by atoms with E-state index in [-0.39, 0.29) is 23.9 Å². The molecule has 1 fully saturated rings. The van der Waals surface area contributed by atoms with Gasteiger partial charge in [-0.3, -0.25) is 9.59 Å². The molecule has 1 aliphatic heterocycles. The van der Waals surface area contributed by atoms with E-state index in [0.29, 0.717) is 30.9 Å². The molecule has 0 aromatic heterocycles. The summed E-state index contributed by atoms with van der Waals surface area (Å²) in [6.07, 6.45) is 2.41. The molecule has 0 saturated carbocycles. The minimum Gasteiger partial charge on any atom is -0.349 e. The molecule has 0 radical (unpaired) electrons. The molecule has 0 unspecified atom stereocenters. The molecule has 1 aliphatic rings. The van der Waals surface area contributed by atoms with E-state index < -0.39 is 0 Å². The van der Waals surface area contributed by atoms with Crippen LogP contribution in [0.25, 0.3) is 0 Å². The predicted molar refractivity (Wildman–Crippen MR) is 96.5 cm³/mol. The summed E-state index contributed by atoms with van der Waals surface area (Å²) in [5, 5.41) is 8.55. The van der Waals surface area contributed by atoms with Crippen LogP contribution in [0.4, 0.5) is 10.5 Å². The first-order chi connectivity index (χ1) is 12.0. The fraction of sp³-hybridized carbons (Fsp3) is 0.500. The molecular weight excluding hydrogens is 320 g/mol.